The van der Waals surface area contributed by atoms with Gasteiger partial charge < -0.3 is 14.8 Å². The van der Waals surface area contributed by atoms with Crippen LogP contribution in [-0.2, 0) is 6.54 Å². The van der Waals surface area contributed by atoms with Crippen LogP contribution in [0.25, 0.3) is 10.3 Å². The molecule has 0 radical (unpaired) electrons. The molecule has 6 nitrogen and oxygen atoms in total. The molecule has 0 spiro atoms. The molecule has 1 saturated heterocycles. The number of rotatable bonds is 8. The summed E-state index contributed by atoms with van der Waals surface area (Å²) in [5, 5.41) is 4.52. The summed E-state index contributed by atoms with van der Waals surface area (Å²) < 4.78 is 23.2. The van der Waals surface area contributed by atoms with Gasteiger partial charge in [-0.2, -0.15) is 0 Å². The number of likely N-dealkylation sites (tertiary alicyclic amines) is 1. The summed E-state index contributed by atoms with van der Waals surface area (Å²) >= 11 is 1.61. The Labute approximate surface area is 173 Å². The summed E-state index contributed by atoms with van der Waals surface area (Å²) in [6, 6.07) is 10.2. The van der Waals surface area contributed by atoms with Gasteiger partial charge >= 0.3 is 0 Å². The first-order valence-corrected chi connectivity index (χ1v) is 10.6. The Bertz CT molecular complexity index is 910. The van der Waals surface area contributed by atoms with Gasteiger partial charge in [0.1, 0.15) is 23.6 Å². The maximum Gasteiger partial charge on any atom is 0.185 e. The van der Waals surface area contributed by atoms with Gasteiger partial charge in [0.05, 0.1) is 7.11 Å². The highest BCUT2D eigenvalue weighted by Crippen LogP contribution is 2.30. The van der Waals surface area contributed by atoms with Crippen LogP contribution >= 0.6 is 11.3 Å². The zero-order chi connectivity index (χ0) is 20.1. The molecule has 0 amide bonds. The lowest BCUT2D eigenvalue weighted by molar-refractivity contribution is 0.210. The van der Waals surface area contributed by atoms with E-state index in [0.29, 0.717) is 17.5 Å². The number of pyridine rings is 1. The maximum atomic E-state index is 12.5. The van der Waals surface area contributed by atoms with E-state index >= 15 is 0 Å². The van der Waals surface area contributed by atoms with E-state index in [0.717, 1.165) is 53.5 Å². The predicted octanol–water partition coefficient (Wildman–Crippen LogP) is 4.12. The van der Waals surface area contributed by atoms with Gasteiger partial charge in [0, 0.05) is 31.9 Å². The van der Waals surface area contributed by atoms with Gasteiger partial charge in [-0.05, 0) is 42.7 Å². The minimum absolute atomic E-state index is 0.0398. The van der Waals surface area contributed by atoms with Crippen LogP contribution in [0.15, 0.2) is 36.5 Å². The van der Waals surface area contributed by atoms with Crippen LogP contribution in [0.2, 0.25) is 0 Å². The largest absolute Gasteiger partial charge is 0.493 e. The van der Waals surface area contributed by atoms with E-state index in [9.17, 15) is 4.39 Å². The van der Waals surface area contributed by atoms with E-state index in [-0.39, 0.29) is 6.61 Å². The summed E-state index contributed by atoms with van der Waals surface area (Å²) in [5.41, 5.74) is 2.09. The molecule has 3 aromatic rings. The highest BCUT2D eigenvalue weighted by Gasteiger charge is 2.20. The van der Waals surface area contributed by atoms with Crippen LogP contribution in [-0.4, -0.2) is 54.4 Å². The van der Waals surface area contributed by atoms with Crippen molar-refractivity contribution in [1.29, 1.82) is 0 Å². The van der Waals surface area contributed by atoms with Crippen LogP contribution in [0.4, 0.5) is 9.52 Å². The monoisotopic (exact) mass is 416 g/mol. The van der Waals surface area contributed by atoms with Gasteiger partial charge in [0.2, 0.25) is 0 Å². The second-order valence-corrected chi connectivity index (χ2v) is 8.04. The molecule has 1 N–H and O–H groups in total. The Morgan fingerprint density at radius 1 is 1.24 bits per heavy atom. The van der Waals surface area contributed by atoms with E-state index < -0.39 is 6.67 Å². The molecule has 0 bridgehead atoms. The Morgan fingerprint density at radius 3 is 2.86 bits per heavy atom. The summed E-state index contributed by atoms with van der Waals surface area (Å²) in [6.07, 6.45) is 3.92. The molecule has 8 heteroatoms. The fraction of sp³-hybridized carbons (Fsp3) is 0.429. The third kappa shape index (κ3) is 4.94. The van der Waals surface area contributed by atoms with E-state index in [2.05, 4.69) is 20.2 Å². The van der Waals surface area contributed by atoms with Gasteiger partial charge in [0.15, 0.2) is 16.6 Å². The first-order valence-electron chi connectivity index (χ1n) is 9.81. The molecule has 1 aromatic carbocycles. The Morgan fingerprint density at radius 2 is 2.10 bits per heavy atom. The molecular formula is C21H25FN4O2S. The third-order valence-corrected chi connectivity index (χ3v) is 5.96. The van der Waals surface area contributed by atoms with Gasteiger partial charge in [-0.3, -0.25) is 4.90 Å². The van der Waals surface area contributed by atoms with E-state index in [1.165, 1.54) is 0 Å². The zero-order valence-corrected chi connectivity index (χ0v) is 17.3. The maximum absolute atomic E-state index is 12.5. The average Bonchev–Trinajstić information content (AvgIpc) is 3.16. The van der Waals surface area contributed by atoms with E-state index in [1.807, 2.05) is 30.3 Å². The quantitative estimate of drug-likeness (QED) is 0.596. The fourth-order valence-electron chi connectivity index (χ4n) is 3.58. The molecule has 1 fully saturated rings. The van der Waals surface area contributed by atoms with Crippen molar-refractivity contribution in [2.45, 2.75) is 25.4 Å². The van der Waals surface area contributed by atoms with Crippen LogP contribution in [0.3, 0.4) is 0 Å². The lowest BCUT2D eigenvalue weighted by atomic mass is 10.0. The van der Waals surface area contributed by atoms with E-state index in [1.54, 1.807) is 24.6 Å². The lowest BCUT2D eigenvalue weighted by Crippen LogP contribution is -2.38. The van der Waals surface area contributed by atoms with Crippen molar-refractivity contribution >= 4 is 26.8 Å². The van der Waals surface area contributed by atoms with Gasteiger partial charge in [-0.15, -0.1) is 0 Å². The minimum atomic E-state index is -0.515. The molecule has 4 rings (SSSR count). The van der Waals surface area contributed by atoms with E-state index in [4.69, 9.17) is 9.47 Å². The molecule has 154 valence electrons. The van der Waals surface area contributed by atoms with Crippen molar-refractivity contribution in [3.63, 3.8) is 0 Å². The van der Waals surface area contributed by atoms with Crippen LogP contribution in [0, 0.1) is 0 Å². The number of benzene rings is 1. The highest BCUT2D eigenvalue weighted by molar-refractivity contribution is 7.21. The summed E-state index contributed by atoms with van der Waals surface area (Å²) in [6.45, 7) is 2.38. The molecule has 1 aliphatic rings. The number of anilines is 1. The number of methoxy groups -OCH3 is 1. The number of piperidine rings is 1. The van der Waals surface area contributed by atoms with Gasteiger partial charge in [-0.25, -0.2) is 14.4 Å². The summed E-state index contributed by atoms with van der Waals surface area (Å²) in [5.74, 6) is 1.24. The smallest absolute Gasteiger partial charge is 0.185 e. The molecule has 0 atom stereocenters. The SMILES string of the molecule is COc1ccc(CN2CCC(Nc3nc4cccnc4s3)CC2)cc1OCCF. The van der Waals surface area contributed by atoms with Crippen molar-refractivity contribution in [2.24, 2.45) is 0 Å². The summed E-state index contributed by atoms with van der Waals surface area (Å²) in [7, 11) is 1.59. The number of nitrogens with zero attached hydrogens (tertiary/aromatic N) is 3. The second-order valence-electron chi connectivity index (χ2n) is 7.06. The van der Waals surface area contributed by atoms with Crippen molar-refractivity contribution in [1.82, 2.24) is 14.9 Å². The summed E-state index contributed by atoms with van der Waals surface area (Å²) in [4.78, 5) is 12.4. The molecule has 29 heavy (non-hydrogen) atoms. The number of alkyl halides is 1. The van der Waals surface area contributed by atoms with Crippen LogP contribution in [0.1, 0.15) is 18.4 Å². The molecular weight excluding hydrogens is 391 g/mol. The molecule has 0 aliphatic carbocycles. The number of hydrogen-bond donors (Lipinski definition) is 1. The Hall–Kier alpha value is -2.45. The molecule has 0 unspecified atom stereocenters. The zero-order valence-electron chi connectivity index (χ0n) is 16.4. The van der Waals surface area contributed by atoms with Crippen molar-refractivity contribution in [2.75, 3.05) is 38.8 Å². The van der Waals surface area contributed by atoms with Crippen molar-refractivity contribution in [3.8, 4) is 11.5 Å². The minimum Gasteiger partial charge on any atom is -0.493 e. The number of fused-ring (bicyclic) bond motifs is 1. The topological polar surface area (TPSA) is 59.5 Å². The first kappa shape index (κ1) is 19.8. The highest BCUT2D eigenvalue weighted by atomic mass is 32.1. The predicted molar refractivity (Wildman–Crippen MR) is 114 cm³/mol. The standard InChI is InChI=1S/C21H25FN4O2S/c1-27-18-5-4-15(13-19(18)28-12-8-22)14-26-10-6-16(7-11-26)24-21-25-17-3-2-9-23-20(17)29-21/h2-5,9,13,16H,6-8,10-12,14H2,1H3,(H,24,25). The number of hydrogen-bond acceptors (Lipinski definition) is 7. The molecule has 2 aromatic heterocycles. The Balaban J connectivity index is 1.31. The first-order chi connectivity index (χ1) is 14.2. The lowest BCUT2D eigenvalue weighted by Gasteiger charge is -2.32. The number of aromatic nitrogens is 2. The third-order valence-electron chi connectivity index (χ3n) is 5.05. The molecule has 3 heterocycles. The van der Waals surface area contributed by atoms with Crippen molar-refractivity contribution in [3.05, 3.63) is 42.1 Å². The number of thiazole rings is 1. The number of ether oxygens (including phenoxy) is 2. The number of halogens is 1. The molecule has 0 saturated carbocycles. The molecule has 1 aliphatic heterocycles. The van der Waals surface area contributed by atoms with Crippen LogP contribution < -0.4 is 14.8 Å². The number of nitrogens with one attached hydrogen (secondary N) is 1. The van der Waals surface area contributed by atoms with Crippen molar-refractivity contribution < 1.29 is 13.9 Å². The normalized spacial score (nSPS) is 15.5. The Kier molecular flexibility index (Phi) is 6.41. The second kappa shape index (κ2) is 9.37. The van der Waals surface area contributed by atoms with Gasteiger partial charge in [-0.1, -0.05) is 17.4 Å². The average molecular weight is 417 g/mol. The van der Waals surface area contributed by atoms with Gasteiger partial charge in [0.25, 0.3) is 0 Å². The fourth-order valence-corrected chi connectivity index (χ4v) is 4.47. The van der Waals surface area contributed by atoms with Crippen LogP contribution in [0.5, 0.6) is 11.5 Å².